The first-order valence-corrected chi connectivity index (χ1v) is 7.37. The van der Waals surface area contributed by atoms with Crippen LogP contribution in [0.25, 0.3) is 0 Å². The lowest BCUT2D eigenvalue weighted by Crippen LogP contribution is -2.42. The van der Waals surface area contributed by atoms with Gasteiger partial charge in [0.2, 0.25) is 0 Å². The Bertz CT molecular complexity index is 514. The first-order chi connectivity index (χ1) is 10.2. The zero-order valence-electron chi connectivity index (χ0n) is 12.5. The van der Waals surface area contributed by atoms with Crippen molar-refractivity contribution >= 4 is 6.03 Å². The molecule has 3 nitrogen and oxygen atoms in total. The maximum atomic E-state index is 12.1. The molecule has 0 aliphatic rings. The summed E-state index contributed by atoms with van der Waals surface area (Å²) >= 11 is 0. The van der Waals surface area contributed by atoms with Crippen molar-refractivity contribution in [1.82, 2.24) is 10.6 Å². The molecule has 21 heavy (non-hydrogen) atoms. The number of hydrogen-bond acceptors (Lipinski definition) is 1. The number of urea groups is 1. The van der Waals surface area contributed by atoms with Crippen molar-refractivity contribution in [2.24, 2.45) is 0 Å². The molecule has 0 spiro atoms. The minimum Gasteiger partial charge on any atom is -0.336 e. The van der Waals surface area contributed by atoms with Gasteiger partial charge < -0.3 is 10.6 Å². The molecule has 2 amide bonds. The second kappa shape index (κ2) is 7.48. The van der Waals surface area contributed by atoms with Crippen LogP contribution in [0.1, 0.15) is 37.4 Å². The Kier molecular flexibility index (Phi) is 5.38. The molecule has 0 aliphatic heterocycles. The van der Waals surface area contributed by atoms with Gasteiger partial charge in [-0.2, -0.15) is 0 Å². The summed E-state index contributed by atoms with van der Waals surface area (Å²) in [5.41, 5.74) is 2.14. The second-order valence-electron chi connectivity index (χ2n) is 5.18. The number of benzene rings is 2. The van der Waals surface area contributed by atoms with E-state index in [9.17, 15) is 4.79 Å². The molecular weight excluding hydrogens is 260 g/mol. The molecule has 2 N–H and O–H groups in total. The lowest BCUT2D eigenvalue weighted by atomic mass is 9.99. The van der Waals surface area contributed by atoms with E-state index in [1.54, 1.807) is 0 Å². The Labute approximate surface area is 126 Å². The van der Waals surface area contributed by atoms with Gasteiger partial charge in [-0.3, -0.25) is 0 Å². The molecule has 0 saturated carbocycles. The molecular formula is C18H22N2O. The van der Waals surface area contributed by atoms with E-state index in [4.69, 9.17) is 0 Å². The van der Waals surface area contributed by atoms with Crippen LogP contribution in [0, 0.1) is 0 Å². The minimum atomic E-state index is -0.142. The van der Waals surface area contributed by atoms with Crippen molar-refractivity contribution in [2.45, 2.75) is 32.4 Å². The number of rotatable bonds is 5. The predicted octanol–water partition coefficient (Wildman–Crippen LogP) is 3.87. The zero-order chi connectivity index (χ0) is 15.1. The van der Waals surface area contributed by atoms with Crippen LogP contribution in [0.4, 0.5) is 4.79 Å². The summed E-state index contributed by atoms with van der Waals surface area (Å²) in [6, 6.07) is 19.9. The average Bonchev–Trinajstić information content (AvgIpc) is 2.54. The fraction of sp³-hybridized carbons (Fsp3) is 0.278. The highest BCUT2D eigenvalue weighted by atomic mass is 16.2. The maximum Gasteiger partial charge on any atom is 0.315 e. The minimum absolute atomic E-state index is 0.137. The lowest BCUT2D eigenvalue weighted by molar-refractivity contribution is 0.235. The van der Waals surface area contributed by atoms with Crippen molar-refractivity contribution < 1.29 is 4.79 Å². The average molecular weight is 282 g/mol. The van der Waals surface area contributed by atoms with Gasteiger partial charge >= 0.3 is 6.03 Å². The predicted molar refractivity (Wildman–Crippen MR) is 86.1 cm³/mol. The van der Waals surface area contributed by atoms with E-state index in [0.29, 0.717) is 0 Å². The molecule has 0 unspecified atom stereocenters. The van der Waals surface area contributed by atoms with Crippen LogP contribution < -0.4 is 10.6 Å². The summed E-state index contributed by atoms with van der Waals surface area (Å²) in [6.07, 6.45) is 0.911. The zero-order valence-corrected chi connectivity index (χ0v) is 12.5. The molecule has 0 radical (unpaired) electrons. The number of hydrogen-bond donors (Lipinski definition) is 2. The standard InChI is InChI=1S/C18H22N2O/c1-3-14(2)19-18(21)20-17(15-10-6-4-7-11-15)16-12-8-5-9-13-16/h4-14,17H,3H2,1-2H3,(H2,19,20,21)/t14-/m0/s1. The van der Waals surface area contributed by atoms with Crippen LogP contribution in [0.15, 0.2) is 60.7 Å². The molecule has 0 saturated heterocycles. The Morgan fingerprint density at radius 2 is 1.38 bits per heavy atom. The molecule has 2 rings (SSSR count). The van der Waals surface area contributed by atoms with Gasteiger partial charge in [-0.15, -0.1) is 0 Å². The van der Waals surface area contributed by atoms with Gasteiger partial charge in [0.25, 0.3) is 0 Å². The highest BCUT2D eigenvalue weighted by molar-refractivity contribution is 5.75. The van der Waals surface area contributed by atoms with E-state index in [2.05, 4.69) is 17.6 Å². The van der Waals surface area contributed by atoms with Gasteiger partial charge in [0.15, 0.2) is 0 Å². The summed E-state index contributed by atoms with van der Waals surface area (Å²) in [5.74, 6) is 0. The number of nitrogens with one attached hydrogen (secondary N) is 2. The molecule has 110 valence electrons. The van der Waals surface area contributed by atoms with Crippen molar-refractivity contribution in [3.8, 4) is 0 Å². The van der Waals surface area contributed by atoms with E-state index in [0.717, 1.165) is 17.5 Å². The van der Waals surface area contributed by atoms with E-state index >= 15 is 0 Å². The van der Waals surface area contributed by atoms with Gasteiger partial charge in [0.1, 0.15) is 0 Å². The van der Waals surface area contributed by atoms with E-state index in [1.165, 1.54) is 0 Å². The highest BCUT2D eigenvalue weighted by Crippen LogP contribution is 2.21. The summed E-state index contributed by atoms with van der Waals surface area (Å²) in [7, 11) is 0. The molecule has 0 aromatic heterocycles. The van der Waals surface area contributed by atoms with Crippen molar-refractivity contribution in [3.05, 3.63) is 71.8 Å². The molecule has 0 fully saturated rings. The van der Waals surface area contributed by atoms with Crippen molar-refractivity contribution in [3.63, 3.8) is 0 Å². The molecule has 1 atom stereocenters. The van der Waals surface area contributed by atoms with Gasteiger partial charge in [-0.1, -0.05) is 67.6 Å². The molecule has 2 aromatic rings. The molecule has 0 heterocycles. The maximum absolute atomic E-state index is 12.1. The Morgan fingerprint density at radius 1 is 0.905 bits per heavy atom. The van der Waals surface area contributed by atoms with Gasteiger partial charge in [0, 0.05) is 6.04 Å². The van der Waals surface area contributed by atoms with Gasteiger partial charge in [-0.25, -0.2) is 4.79 Å². The number of amides is 2. The smallest absolute Gasteiger partial charge is 0.315 e. The van der Waals surface area contributed by atoms with Crippen LogP contribution in [0.3, 0.4) is 0 Å². The Hall–Kier alpha value is -2.29. The molecule has 0 aliphatic carbocycles. The van der Waals surface area contributed by atoms with Crippen molar-refractivity contribution in [1.29, 1.82) is 0 Å². The van der Waals surface area contributed by atoms with Gasteiger partial charge in [0.05, 0.1) is 6.04 Å². The molecule has 2 aromatic carbocycles. The third-order valence-corrected chi connectivity index (χ3v) is 3.53. The Morgan fingerprint density at radius 3 is 1.81 bits per heavy atom. The van der Waals surface area contributed by atoms with Crippen LogP contribution in [0.5, 0.6) is 0 Å². The Balaban J connectivity index is 2.19. The van der Waals surface area contributed by atoms with Gasteiger partial charge in [-0.05, 0) is 24.5 Å². The fourth-order valence-electron chi connectivity index (χ4n) is 2.15. The normalized spacial score (nSPS) is 12.0. The molecule has 3 heteroatoms. The summed E-state index contributed by atoms with van der Waals surface area (Å²) in [4.78, 5) is 12.1. The second-order valence-corrected chi connectivity index (χ2v) is 5.18. The number of carbonyl (C=O) groups is 1. The number of carbonyl (C=O) groups excluding carboxylic acids is 1. The van der Waals surface area contributed by atoms with Crippen molar-refractivity contribution in [2.75, 3.05) is 0 Å². The summed E-state index contributed by atoms with van der Waals surface area (Å²) in [5, 5.41) is 6.01. The SMILES string of the molecule is CC[C@H](C)NC(=O)NC(c1ccccc1)c1ccccc1. The topological polar surface area (TPSA) is 41.1 Å². The van der Waals surface area contributed by atoms with E-state index in [1.807, 2.05) is 67.6 Å². The first kappa shape index (κ1) is 15.1. The largest absolute Gasteiger partial charge is 0.336 e. The van der Waals surface area contributed by atoms with E-state index in [-0.39, 0.29) is 18.1 Å². The quantitative estimate of drug-likeness (QED) is 0.858. The summed E-state index contributed by atoms with van der Waals surface area (Å²) in [6.45, 7) is 4.05. The monoisotopic (exact) mass is 282 g/mol. The van der Waals surface area contributed by atoms with Crippen LogP contribution >= 0.6 is 0 Å². The van der Waals surface area contributed by atoms with Crippen LogP contribution in [0.2, 0.25) is 0 Å². The fourth-order valence-corrected chi connectivity index (χ4v) is 2.15. The highest BCUT2D eigenvalue weighted by Gasteiger charge is 2.16. The first-order valence-electron chi connectivity index (χ1n) is 7.37. The third-order valence-electron chi connectivity index (χ3n) is 3.53. The summed E-state index contributed by atoms with van der Waals surface area (Å²) < 4.78 is 0. The van der Waals surface area contributed by atoms with E-state index < -0.39 is 0 Å². The lowest BCUT2D eigenvalue weighted by Gasteiger charge is -2.21. The van der Waals surface area contributed by atoms with Crippen LogP contribution in [-0.2, 0) is 0 Å². The van der Waals surface area contributed by atoms with Crippen LogP contribution in [-0.4, -0.2) is 12.1 Å². The third kappa shape index (κ3) is 4.35. The molecule has 0 bridgehead atoms.